The smallest absolute Gasteiger partial charge is 0.0266 e. The van der Waals surface area contributed by atoms with Crippen LogP contribution >= 0.6 is 0 Å². The van der Waals surface area contributed by atoms with Crippen LogP contribution in [0.2, 0.25) is 0 Å². The van der Waals surface area contributed by atoms with Crippen molar-refractivity contribution in [3.63, 3.8) is 0 Å². The summed E-state index contributed by atoms with van der Waals surface area (Å²) in [7, 11) is 0. The van der Waals surface area contributed by atoms with Crippen molar-refractivity contribution in [2.75, 3.05) is 65.4 Å². The van der Waals surface area contributed by atoms with Gasteiger partial charge in [0.05, 0.1) is 0 Å². The molecule has 0 atom stereocenters. The first-order valence-electron chi connectivity index (χ1n) is 14.8. The van der Waals surface area contributed by atoms with E-state index in [0.29, 0.717) is 6.54 Å². The van der Waals surface area contributed by atoms with E-state index in [1.165, 1.54) is 96.3 Å². The fraction of sp³-hybridized carbons (Fsp3) is 0.929. The van der Waals surface area contributed by atoms with E-state index in [-0.39, 0.29) is 0 Å². The number of nitrogens with two attached hydrogens (primary N) is 1. The van der Waals surface area contributed by atoms with Crippen molar-refractivity contribution in [3.8, 4) is 0 Å². The Hall–Kier alpha value is -0.660. The molecule has 0 aliphatic heterocycles. The van der Waals surface area contributed by atoms with Gasteiger partial charge in [-0.25, -0.2) is 0 Å². The molecule has 6 nitrogen and oxygen atoms in total. The lowest BCUT2D eigenvalue weighted by Gasteiger charge is -2.08. The first kappa shape index (κ1) is 33.3. The van der Waals surface area contributed by atoms with E-state index in [0.717, 1.165) is 58.9 Å². The van der Waals surface area contributed by atoms with Crippen LogP contribution in [0, 0.1) is 0 Å². The van der Waals surface area contributed by atoms with E-state index in [2.05, 4.69) is 45.8 Å². The van der Waals surface area contributed by atoms with E-state index in [1.54, 1.807) is 0 Å². The van der Waals surface area contributed by atoms with Gasteiger partial charge in [0.15, 0.2) is 0 Å². The van der Waals surface area contributed by atoms with E-state index in [4.69, 9.17) is 5.73 Å². The Balaban J connectivity index is 3.07. The van der Waals surface area contributed by atoms with E-state index in [9.17, 15) is 0 Å². The van der Waals surface area contributed by atoms with Gasteiger partial charge in [-0.1, -0.05) is 96.5 Å². The summed E-state index contributed by atoms with van der Waals surface area (Å²) in [6.07, 6.45) is 25.6. The molecule has 0 spiro atoms. The standard InChI is InChI=1S/C28H62N6/c1-2-3-4-5-6-7-8-9-10-11-12-13-14-15-16-17-19-30-21-23-32-25-27-34-28-26-33-24-22-31-20-18-29/h17,19,30-34H,2-16,18,20-29H2,1H3. The predicted molar refractivity (Wildman–Crippen MR) is 153 cm³/mol. The average molecular weight is 483 g/mol. The Morgan fingerprint density at radius 1 is 0.471 bits per heavy atom. The van der Waals surface area contributed by atoms with Crippen LogP contribution in [0.5, 0.6) is 0 Å². The summed E-state index contributed by atoms with van der Waals surface area (Å²) in [5.41, 5.74) is 5.43. The highest BCUT2D eigenvalue weighted by Crippen LogP contribution is 2.13. The molecule has 0 aliphatic carbocycles. The summed E-state index contributed by atoms with van der Waals surface area (Å²) in [5, 5.41) is 17.0. The molecule has 0 aromatic rings. The van der Waals surface area contributed by atoms with Crippen molar-refractivity contribution >= 4 is 0 Å². The topological polar surface area (TPSA) is 86.2 Å². The van der Waals surface area contributed by atoms with Crippen molar-refractivity contribution < 1.29 is 0 Å². The number of unbranched alkanes of at least 4 members (excludes halogenated alkanes) is 14. The molecule has 0 aromatic carbocycles. The van der Waals surface area contributed by atoms with Gasteiger partial charge in [0, 0.05) is 65.4 Å². The van der Waals surface area contributed by atoms with Crippen molar-refractivity contribution in [3.05, 3.63) is 12.3 Å². The van der Waals surface area contributed by atoms with Gasteiger partial charge in [0.1, 0.15) is 0 Å². The molecule has 0 bridgehead atoms. The minimum Gasteiger partial charge on any atom is -0.390 e. The van der Waals surface area contributed by atoms with E-state index < -0.39 is 0 Å². The van der Waals surface area contributed by atoms with E-state index >= 15 is 0 Å². The summed E-state index contributed by atoms with van der Waals surface area (Å²) in [6, 6.07) is 0. The van der Waals surface area contributed by atoms with Crippen molar-refractivity contribution in [2.24, 2.45) is 5.73 Å². The molecule has 0 radical (unpaired) electrons. The molecule has 204 valence electrons. The first-order valence-corrected chi connectivity index (χ1v) is 14.8. The molecule has 0 rings (SSSR count). The quantitative estimate of drug-likeness (QED) is 0.0857. The molecule has 34 heavy (non-hydrogen) atoms. The predicted octanol–water partition coefficient (Wildman–Crippen LogP) is 4.28. The lowest BCUT2D eigenvalue weighted by molar-refractivity contribution is 0.536. The van der Waals surface area contributed by atoms with Crippen molar-refractivity contribution in [2.45, 2.75) is 103 Å². The Bertz CT molecular complexity index is 344. The molecule has 0 aromatic heterocycles. The van der Waals surface area contributed by atoms with Crippen LogP contribution in [0.15, 0.2) is 12.3 Å². The average Bonchev–Trinajstić information content (AvgIpc) is 2.85. The zero-order valence-corrected chi connectivity index (χ0v) is 22.9. The van der Waals surface area contributed by atoms with Gasteiger partial charge < -0.3 is 32.3 Å². The third-order valence-electron chi connectivity index (χ3n) is 6.16. The van der Waals surface area contributed by atoms with Crippen LogP contribution in [0.1, 0.15) is 103 Å². The summed E-state index contributed by atoms with van der Waals surface area (Å²) < 4.78 is 0. The first-order chi connectivity index (χ1) is 16.9. The van der Waals surface area contributed by atoms with Crippen molar-refractivity contribution in [1.82, 2.24) is 26.6 Å². The Morgan fingerprint density at radius 3 is 1.29 bits per heavy atom. The lowest BCUT2D eigenvalue weighted by atomic mass is 10.0. The second-order valence-corrected chi connectivity index (χ2v) is 9.53. The molecular weight excluding hydrogens is 420 g/mol. The van der Waals surface area contributed by atoms with Gasteiger partial charge in [0.25, 0.3) is 0 Å². The molecule has 0 unspecified atom stereocenters. The minimum atomic E-state index is 0.708. The molecule has 6 heteroatoms. The fourth-order valence-corrected chi connectivity index (χ4v) is 4.00. The van der Waals surface area contributed by atoms with Gasteiger partial charge in [-0.2, -0.15) is 0 Å². The van der Waals surface area contributed by atoms with Gasteiger partial charge in [0.2, 0.25) is 0 Å². The van der Waals surface area contributed by atoms with Gasteiger partial charge in [-0.05, 0) is 19.0 Å². The molecule has 0 amide bonds. The lowest BCUT2D eigenvalue weighted by Crippen LogP contribution is -2.36. The minimum absolute atomic E-state index is 0.708. The normalized spacial score (nSPS) is 11.6. The second-order valence-electron chi connectivity index (χ2n) is 9.53. The summed E-state index contributed by atoms with van der Waals surface area (Å²) in [6.45, 7) is 11.9. The molecule has 0 heterocycles. The highest BCUT2D eigenvalue weighted by atomic mass is 15.0. The van der Waals surface area contributed by atoms with Crippen LogP contribution in [0.25, 0.3) is 0 Å². The molecule has 0 aliphatic rings. The fourth-order valence-electron chi connectivity index (χ4n) is 4.00. The van der Waals surface area contributed by atoms with Gasteiger partial charge in [-0.15, -0.1) is 0 Å². The zero-order chi connectivity index (χ0) is 24.6. The molecule has 0 fully saturated rings. The molecular formula is C28H62N6. The van der Waals surface area contributed by atoms with Crippen LogP contribution in [0.4, 0.5) is 0 Å². The van der Waals surface area contributed by atoms with Gasteiger partial charge in [-0.3, -0.25) is 0 Å². The second kappa shape index (κ2) is 32.3. The summed E-state index contributed by atoms with van der Waals surface area (Å²) in [4.78, 5) is 0. The zero-order valence-electron chi connectivity index (χ0n) is 22.9. The maximum absolute atomic E-state index is 5.43. The maximum atomic E-state index is 5.43. The number of nitrogens with one attached hydrogen (secondary N) is 5. The monoisotopic (exact) mass is 483 g/mol. The van der Waals surface area contributed by atoms with Crippen LogP contribution in [-0.4, -0.2) is 65.4 Å². The van der Waals surface area contributed by atoms with E-state index in [1.807, 2.05) is 0 Å². The third-order valence-corrected chi connectivity index (χ3v) is 6.16. The number of allylic oxidation sites excluding steroid dienone is 1. The third kappa shape index (κ3) is 31.3. The molecule has 0 saturated carbocycles. The Labute approximate surface area is 213 Å². The van der Waals surface area contributed by atoms with Crippen molar-refractivity contribution in [1.29, 1.82) is 0 Å². The largest absolute Gasteiger partial charge is 0.390 e. The molecule has 0 saturated heterocycles. The summed E-state index contributed by atoms with van der Waals surface area (Å²) in [5.74, 6) is 0. The summed E-state index contributed by atoms with van der Waals surface area (Å²) >= 11 is 0. The van der Waals surface area contributed by atoms with Crippen LogP contribution < -0.4 is 32.3 Å². The van der Waals surface area contributed by atoms with Crippen LogP contribution in [-0.2, 0) is 0 Å². The van der Waals surface area contributed by atoms with Crippen LogP contribution in [0.3, 0.4) is 0 Å². The number of hydrogen-bond donors (Lipinski definition) is 6. The Kier molecular flexibility index (Phi) is 31.7. The highest BCUT2D eigenvalue weighted by Gasteiger charge is 1.94. The number of hydrogen-bond acceptors (Lipinski definition) is 6. The Morgan fingerprint density at radius 2 is 0.853 bits per heavy atom. The SMILES string of the molecule is CCCCCCCCCCCCCCCCC=CNCCNCCNCCNCCNCCN. The molecule has 7 N–H and O–H groups in total. The number of rotatable bonds is 30. The maximum Gasteiger partial charge on any atom is 0.0266 e. The highest BCUT2D eigenvalue weighted by molar-refractivity contribution is 4.79. The van der Waals surface area contributed by atoms with Gasteiger partial charge >= 0.3 is 0 Å².